The number of nitrogens with two attached hydrogens (primary N) is 1. The number of pyridine rings is 1. The Hall–Kier alpha value is -2.15. The minimum absolute atomic E-state index is 0.0990. The van der Waals surface area contributed by atoms with Gasteiger partial charge in [0.25, 0.3) is 0 Å². The highest BCUT2D eigenvalue weighted by Gasteiger charge is 2.34. The number of rotatable bonds is 3. The Morgan fingerprint density at radius 2 is 1.90 bits per heavy atom. The molecule has 0 aliphatic rings. The van der Waals surface area contributed by atoms with Crippen LogP contribution in [0.15, 0.2) is 36.5 Å². The van der Waals surface area contributed by atoms with Crippen LogP contribution >= 0.6 is 0 Å². The fourth-order valence-corrected chi connectivity index (χ4v) is 1.50. The molecule has 0 spiro atoms. The maximum absolute atomic E-state index is 13.1. The van der Waals surface area contributed by atoms with E-state index in [-0.39, 0.29) is 11.6 Å². The first-order chi connectivity index (χ1) is 9.40. The van der Waals surface area contributed by atoms with Crippen molar-refractivity contribution in [3.8, 4) is 11.6 Å². The van der Waals surface area contributed by atoms with E-state index >= 15 is 0 Å². The van der Waals surface area contributed by atoms with E-state index in [4.69, 9.17) is 10.5 Å². The van der Waals surface area contributed by atoms with Crippen molar-refractivity contribution in [2.75, 3.05) is 0 Å². The van der Waals surface area contributed by atoms with Crippen LogP contribution in [0.1, 0.15) is 11.1 Å². The molecule has 0 fully saturated rings. The summed E-state index contributed by atoms with van der Waals surface area (Å²) in [5, 5.41) is 0. The highest BCUT2D eigenvalue weighted by atomic mass is 19.4. The Morgan fingerprint density at radius 1 is 1.15 bits per heavy atom. The number of nitrogens with zero attached hydrogens (tertiary/aromatic N) is 1. The summed E-state index contributed by atoms with van der Waals surface area (Å²) in [6, 6.07) is 5.50. The second-order valence-electron chi connectivity index (χ2n) is 3.95. The fourth-order valence-electron chi connectivity index (χ4n) is 1.50. The van der Waals surface area contributed by atoms with Crippen molar-refractivity contribution in [2.45, 2.75) is 12.7 Å². The number of benzene rings is 1. The number of halogens is 4. The first kappa shape index (κ1) is 14.3. The number of hydrogen-bond acceptors (Lipinski definition) is 3. The standard InChI is InChI=1S/C13H10F4N2O/c14-11-3-2-9(5-10(11)13(15,16)17)20-12-4-1-8(6-18)7-19-12/h1-5,7H,6,18H2. The van der Waals surface area contributed by atoms with Crippen LogP contribution < -0.4 is 10.5 Å². The molecule has 0 radical (unpaired) electrons. The molecule has 0 amide bonds. The van der Waals surface area contributed by atoms with Crippen LogP contribution in [0.2, 0.25) is 0 Å². The first-order valence-corrected chi connectivity index (χ1v) is 5.60. The van der Waals surface area contributed by atoms with Crippen LogP contribution in [0.4, 0.5) is 17.6 Å². The molecule has 1 aromatic heterocycles. The van der Waals surface area contributed by atoms with Gasteiger partial charge in [-0.05, 0) is 23.8 Å². The van der Waals surface area contributed by atoms with Gasteiger partial charge in [0.2, 0.25) is 5.88 Å². The van der Waals surface area contributed by atoms with E-state index in [1.807, 2.05) is 0 Å². The van der Waals surface area contributed by atoms with Gasteiger partial charge in [0.1, 0.15) is 11.6 Å². The number of hydrogen-bond donors (Lipinski definition) is 1. The predicted octanol–water partition coefficient (Wildman–Crippen LogP) is 3.49. The van der Waals surface area contributed by atoms with Gasteiger partial charge < -0.3 is 10.5 Å². The SMILES string of the molecule is NCc1ccc(Oc2ccc(F)c(C(F)(F)F)c2)nc1. The fraction of sp³-hybridized carbons (Fsp3) is 0.154. The third-order valence-corrected chi connectivity index (χ3v) is 2.50. The summed E-state index contributed by atoms with van der Waals surface area (Å²) < 4.78 is 55.9. The minimum atomic E-state index is -4.78. The molecule has 0 saturated carbocycles. The minimum Gasteiger partial charge on any atom is -0.439 e. The normalized spacial score (nSPS) is 11.4. The summed E-state index contributed by atoms with van der Waals surface area (Å²) in [4.78, 5) is 3.88. The summed E-state index contributed by atoms with van der Waals surface area (Å²) in [5.74, 6) is -1.40. The number of ether oxygens (including phenoxy) is 1. The summed E-state index contributed by atoms with van der Waals surface area (Å²) in [5.41, 5.74) is 4.77. The van der Waals surface area contributed by atoms with Gasteiger partial charge in [-0.1, -0.05) is 6.07 Å². The molecule has 0 atom stereocenters. The van der Waals surface area contributed by atoms with Crippen LogP contribution in [0.25, 0.3) is 0 Å². The van der Waals surface area contributed by atoms with E-state index in [0.29, 0.717) is 18.7 Å². The highest BCUT2D eigenvalue weighted by molar-refractivity contribution is 5.34. The quantitative estimate of drug-likeness (QED) is 0.879. The number of alkyl halides is 3. The lowest BCUT2D eigenvalue weighted by atomic mass is 10.2. The zero-order chi connectivity index (χ0) is 14.8. The summed E-state index contributed by atoms with van der Waals surface area (Å²) in [6.45, 7) is 0.294. The third-order valence-electron chi connectivity index (χ3n) is 2.50. The number of aromatic nitrogens is 1. The Morgan fingerprint density at radius 3 is 2.45 bits per heavy atom. The first-order valence-electron chi connectivity index (χ1n) is 5.60. The van der Waals surface area contributed by atoms with Gasteiger partial charge in [0, 0.05) is 18.8 Å². The second-order valence-corrected chi connectivity index (χ2v) is 3.95. The highest BCUT2D eigenvalue weighted by Crippen LogP contribution is 2.34. The lowest BCUT2D eigenvalue weighted by Crippen LogP contribution is -2.08. The van der Waals surface area contributed by atoms with Gasteiger partial charge in [0.15, 0.2) is 0 Å². The molecule has 1 heterocycles. The van der Waals surface area contributed by atoms with Crippen molar-refractivity contribution in [1.82, 2.24) is 4.98 Å². The van der Waals surface area contributed by atoms with Crippen molar-refractivity contribution >= 4 is 0 Å². The van der Waals surface area contributed by atoms with Gasteiger partial charge in [-0.15, -0.1) is 0 Å². The van der Waals surface area contributed by atoms with E-state index in [9.17, 15) is 17.6 Å². The van der Waals surface area contributed by atoms with Gasteiger partial charge in [-0.2, -0.15) is 13.2 Å². The van der Waals surface area contributed by atoms with Crippen LogP contribution in [-0.2, 0) is 12.7 Å². The van der Waals surface area contributed by atoms with Crippen LogP contribution in [-0.4, -0.2) is 4.98 Å². The monoisotopic (exact) mass is 286 g/mol. The average Bonchev–Trinajstić information content (AvgIpc) is 2.40. The Bertz CT molecular complexity index is 596. The molecule has 2 rings (SSSR count). The molecule has 0 saturated heterocycles. The topological polar surface area (TPSA) is 48.1 Å². The Balaban J connectivity index is 2.25. The van der Waals surface area contributed by atoms with E-state index in [1.165, 1.54) is 12.3 Å². The third kappa shape index (κ3) is 3.24. The molecule has 2 N–H and O–H groups in total. The second kappa shape index (κ2) is 5.46. The van der Waals surface area contributed by atoms with E-state index < -0.39 is 17.6 Å². The van der Waals surface area contributed by atoms with Gasteiger partial charge in [-0.3, -0.25) is 0 Å². The zero-order valence-corrected chi connectivity index (χ0v) is 10.1. The van der Waals surface area contributed by atoms with Crippen LogP contribution in [0.3, 0.4) is 0 Å². The Kier molecular flexibility index (Phi) is 3.89. The lowest BCUT2D eigenvalue weighted by Gasteiger charge is -2.10. The molecule has 7 heteroatoms. The van der Waals surface area contributed by atoms with Crippen molar-refractivity contribution in [1.29, 1.82) is 0 Å². The average molecular weight is 286 g/mol. The van der Waals surface area contributed by atoms with Crippen LogP contribution in [0, 0.1) is 5.82 Å². The van der Waals surface area contributed by atoms with E-state index in [2.05, 4.69) is 4.98 Å². The maximum Gasteiger partial charge on any atom is 0.419 e. The van der Waals surface area contributed by atoms with Crippen molar-refractivity contribution in [2.24, 2.45) is 5.73 Å². The maximum atomic E-state index is 13.1. The van der Waals surface area contributed by atoms with Gasteiger partial charge in [-0.25, -0.2) is 9.37 Å². The molecule has 0 bridgehead atoms. The molecule has 1 aromatic carbocycles. The van der Waals surface area contributed by atoms with E-state index in [0.717, 1.165) is 11.6 Å². The predicted molar refractivity (Wildman–Crippen MR) is 63.6 cm³/mol. The molecule has 2 aromatic rings. The smallest absolute Gasteiger partial charge is 0.419 e. The summed E-state index contributed by atoms with van der Waals surface area (Å²) >= 11 is 0. The van der Waals surface area contributed by atoms with Crippen molar-refractivity contribution < 1.29 is 22.3 Å². The van der Waals surface area contributed by atoms with Crippen LogP contribution in [0.5, 0.6) is 11.6 Å². The van der Waals surface area contributed by atoms with Crippen molar-refractivity contribution in [3.63, 3.8) is 0 Å². The molecular weight excluding hydrogens is 276 g/mol. The summed E-state index contributed by atoms with van der Waals surface area (Å²) in [7, 11) is 0. The molecule has 0 aliphatic heterocycles. The van der Waals surface area contributed by atoms with E-state index in [1.54, 1.807) is 6.07 Å². The summed E-state index contributed by atoms with van der Waals surface area (Å²) in [6.07, 6.45) is -3.33. The van der Waals surface area contributed by atoms with Gasteiger partial charge in [0.05, 0.1) is 5.56 Å². The molecule has 106 valence electrons. The lowest BCUT2D eigenvalue weighted by molar-refractivity contribution is -0.140. The Labute approximate surface area is 112 Å². The molecule has 0 unspecified atom stereocenters. The molecule has 20 heavy (non-hydrogen) atoms. The van der Waals surface area contributed by atoms with Gasteiger partial charge >= 0.3 is 6.18 Å². The van der Waals surface area contributed by atoms with Crippen molar-refractivity contribution in [3.05, 3.63) is 53.5 Å². The zero-order valence-electron chi connectivity index (χ0n) is 10.1. The molecular formula is C13H10F4N2O. The molecule has 0 aliphatic carbocycles. The largest absolute Gasteiger partial charge is 0.439 e. The molecule has 3 nitrogen and oxygen atoms in total.